The number of carbonyl (C=O) groups is 1. The van der Waals surface area contributed by atoms with Crippen molar-refractivity contribution >= 4 is 5.91 Å². The van der Waals surface area contributed by atoms with E-state index in [0.29, 0.717) is 18.0 Å². The molecule has 0 aromatic heterocycles. The summed E-state index contributed by atoms with van der Waals surface area (Å²) in [6.45, 7) is 2.32. The molecule has 0 bridgehead atoms. The molecular weight excluding hydrogens is 308 g/mol. The molecule has 2 aromatic carbocycles. The summed E-state index contributed by atoms with van der Waals surface area (Å²) in [5, 5.41) is 8.96. The fraction of sp³-hybridized carbons (Fsp3) is 0.364. The second-order valence-corrected chi connectivity index (χ2v) is 7.54. The highest BCUT2D eigenvalue weighted by Gasteiger charge is 2.46. The van der Waals surface area contributed by atoms with E-state index in [2.05, 4.69) is 31.2 Å². The van der Waals surface area contributed by atoms with Gasteiger partial charge in [0.05, 0.1) is 11.6 Å². The monoisotopic (exact) mass is 330 g/mol. The lowest BCUT2D eigenvalue weighted by atomic mass is 9.63. The molecule has 2 atom stereocenters. The topological polar surface area (TPSA) is 44.1 Å². The zero-order chi connectivity index (χ0) is 17.6. The molecule has 0 radical (unpaired) electrons. The molecular formula is C22H22N2O. The van der Waals surface area contributed by atoms with Crippen LogP contribution in [0.25, 0.3) is 11.1 Å². The molecule has 1 aliphatic carbocycles. The van der Waals surface area contributed by atoms with Crippen molar-refractivity contribution in [3.05, 3.63) is 59.2 Å². The van der Waals surface area contributed by atoms with Crippen LogP contribution in [-0.2, 0) is 16.6 Å². The van der Waals surface area contributed by atoms with Gasteiger partial charge in [0.2, 0.25) is 5.91 Å². The van der Waals surface area contributed by atoms with Crippen molar-refractivity contribution in [2.45, 2.75) is 44.1 Å². The van der Waals surface area contributed by atoms with Crippen molar-refractivity contribution in [1.29, 1.82) is 5.26 Å². The van der Waals surface area contributed by atoms with Gasteiger partial charge in [-0.2, -0.15) is 5.26 Å². The third-order valence-electron chi connectivity index (χ3n) is 6.21. The first-order chi connectivity index (χ1) is 12.0. The summed E-state index contributed by atoms with van der Waals surface area (Å²) in [4.78, 5) is 14.1. The normalized spacial score (nSPS) is 25.1. The maximum atomic E-state index is 12.1. The van der Waals surface area contributed by atoms with Crippen LogP contribution in [0.2, 0.25) is 0 Å². The lowest BCUT2D eigenvalue weighted by Crippen LogP contribution is -2.56. The van der Waals surface area contributed by atoms with Gasteiger partial charge in [0.15, 0.2) is 0 Å². The molecule has 1 aliphatic heterocycles. The van der Waals surface area contributed by atoms with E-state index in [0.717, 1.165) is 24.8 Å². The van der Waals surface area contributed by atoms with Crippen LogP contribution in [0.4, 0.5) is 0 Å². The lowest BCUT2D eigenvalue weighted by molar-refractivity contribution is -0.138. The Morgan fingerprint density at radius 1 is 1.12 bits per heavy atom. The molecule has 0 spiro atoms. The summed E-state index contributed by atoms with van der Waals surface area (Å²) in [5.74, 6) is 0.278. The first kappa shape index (κ1) is 15.9. The van der Waals surface area contributed by atoms with Crippen molar-refractivity contribution in [3.8, 4) is 17.2 Å². The minimum absolute atomic E-state index is 0.0550. The fourth-order valence-electron chi connectivity index (χ4n) is 4.70. The number of aryl methyl sites for hydroxylation is 1. The van der Waals surface area contributed by atoms with E-state index in [9.17, 15) is 4.79 Å². The summed E-state index contributed by atoms with van der Waals surface area (Å²) in [6.07, 6.45) is 3.62. The second kappa shape index (κ2) is 5.74. The molecule has 4 rings (SSSR count). The number of fused-ring (bicyclic) bond motifs is 3. The standard InChI is InChI=1S/C22H22N2O/c1-22-12-11-21(25)24(2)20(22)10-8-18-13-17(7-9-19(18)22)16-5-3-15(14-23)4-6-16/h3-7,9,13,20H,8,10-12H2,1-2H3/t20-,22-/m1/s1. The molecule has 126 valence electrons. The van der Waals surface area contributed by atoms with E-state index in [1.165, 1.54) is 16.7 Å². The molecule has 1 heterocycles. The molecule has 0 unspecified atom stereocenters. The molecule has 1 amide bonds. The number of amides is 1. The third kappa shape index (κ3) is 2.44. The zero-order valence-electron chi connectivity index (χ0n) is 14.7. The van der Waals surface area contributed by atoms with Crippen LogP contribution in [0.15, 0.2) is 42.5 Å². The molecule has 2 aromatic rings. The van der Waals surface area contributed by atoms with Crippen LogP contribution in [0.3, 0.4) is 0 Å². The summed E-state index contributed by atoms with van der Waals surface area (Å²) >= 11 is 0. The number of likely N-dealkylation sites (tertiary alicyclic amines) is 1. The number of carbonyl (C=O) groups excluding carboxylic acids is 1. The minimum Gasteiger partial charge on any atom is -0.342 e. The van der Waals surface area contributed by atoms with Gasteiger partial charge in [-0.05, 0) is 53.6 Å². The summed E-state index contributed by atoms with van der Waals surface area (Å²) in [7, 11) is 1.96. The van der Waals surface area contributed by atoms with E-state index >= 15 is 0 Å². The lowest BCUT2D eigenvalue weighted by Gasteiger charge is -2.50. The largest absolute Gasteiger partial charge is 0.342 e. The molecule has 0 saturated carbocycles. The van der Waals surface area contributed by atoms with Crippen LogP contribution < -0.4 is 0 Å². The number of nitriles is 1. The Morgan fingerprint density at radius 3 is 2.56 bits per heavy atom. The molecule has 1 saturated heterocycles. The number of hydrogen-bond acceptors (Lipinski definition) is 2. The number of nitrogens with zero attached hydrogens (tertiary/aromatic N) is 2. The highest BCUT2D eigenvalue weighted by Crippen LogP contribution is 2.46. The van der Waals surface area contributed by atoms with Gasteiger partial charge in [0.1, 0.15) is 0 Å². The molecule has 3 heteroatoms. The van der Waals surface area contributed by atoms with E-state index in [1.54, 1.807) is 0 Å². The Kier molecular flexibility index (Phi) is 3.65. The maximum absolute atomic E-state index is 12.1. The highest BCUT2D eigenvalue weighted by molar-refractivity contribution is 5.78. The predicted molar refractivity (Wildman–Crippen MR) is 98.1 cm³/mol. The van der Waals surface area contributed by atoms with Gasteiger partial charge in [0, 0.05) is 24.9 Å². The van der Waals surface area contributed by atoms with Crippen molar-refractivity contribution in [3.63, 3.8) is 0 Å². The highest BCUT2D eigenvalue weighted by atomic mass is 16.2. The summed E-state index contributed by atoms with van der Waals surface area (Å²) in [5.41, 5.74) is 5.89. The van der Waals surface area contributed by atoms with Crippen LogP contribution in [0.1, 0.15) is 42.9 Å². The number of benzene rings is 2. The van der Waals surface area contributed by atoms with Crippen LogP contribution in [0, 0.1) is 11.3 Å². The molecule has 1 fully saturated rings. The number of rotatable bonds is 1. The first-order valence-electron chi connectivity index (χ1n) is 8.92. The first-order valence-corrected chi connectivity index (χ1v) is 8.92. The number of hydrogen-bond donors (Lipinski definition) is 0. The Bertz CT molecular complexity index is 878. The van der Waals surface area contributed by atoms with E-state index < -0.39 is 0 Å². The van der Waals surface area contributed by atoms with Gasteiger partial charge < -0.3 is 4.90 Å². The smallest absolute Gasteiger partial charge is 0.222 e. The average molecular weight is 330 g/mol. The third-order valence-corrected chi connectivity index (χ3v) is 6.21. The summed E-state index contributed by atoms with van der Waals surface area (Å²) < 4.78 is 0. The Balaban J connectivity index is 1.73. The quantitative estimate of drug-likeness (QED) is 0.792. The van der Waals surface area contributed by atoms with E-state index in [4.69, 9.17) is 5.26 Å². The van der Waals surface area contributed by atoms with Crippen molar-refractivity contribution < 1.29 is 4.79 Å². The molecule has 2 aliphatic rings. The van der Waals surface area contributed by atoms with Crippen molar-refractivity contribution in [1.82, 2.24) is 4.90 Å². The van der Waals surface area contributed by atoms with Gasteiger partial charge in [0.25, 0.3) is 0 Å². The van der Waals surface area contributed by atoms with Gasteiger partial charge in [-0.3, -0.25) is 4.79 Å². The number of piperidine rings is 1. The number of likely N-dealkylation sites (N-methyl/N-ethyl adjacent to an activating group) is 1. The zero-order valence-corrected chi connectivity index (χ0v) is 14.7. The van der Waals surface area contributed by atoms with Crippen molar-refractivity contribution in [2.75, 3.05) is 7.05 Å². The van der Waals surface area contributed by atoms with E-state index in [-0.39, 0.29) is 11.3 Å². The summed E-state index contributed by atoms with van der Waals surface area (Å²) in [6, 6.07) is 17.0. The van der Waals surface area contributed by atoms with Crippen LogP contribution in [-0.4, -0.2) is 23.9 Å². The molecule has 0 N–H and O–H groups in total. The van der Waals surface area contributed by atoms with Crippen LogP contribution >= 0.6 is 0 Å². The second-order valence-electron chi connectivity index (χ2n) is 7.54. The Labute approximate surface area is 148 Å². The van der Waals surface area contributed by atoms with Gasteiger partial charge in [-0.1, -0.05) is 37.3 Å². The Hall–Kier alpha value is -2.60. The SMILES string of the molecule is CN1C(=O)CC[C@]2(C)c3ccc(-c4ccc(C#N)cc4)cc3CC[C@@H]12. The van der Waals surface area contributed by atoms with E-state index in [1.807, 2.05) is 36.2 Å². The molecule has 3 nitrogen and oxygen atoms in total. The average Bonchev–Trinajstić information content (AvgIpc) is 2.65. The Morgan fingerprint density at radius 2 is 1.84 bits per heavy atom. The van der Waals surface area contributed by atoms with Gasteiger partial charge in [-0.15, -0.1) is 0 Å². The van der Waals surface area contributed by atoms with Gasteiger partial charge in [-0.25, -0.2) is 0 Å². The molecule has 25 heavy (non-hydrogen) atoms. The maximum Gasteiger partial charge on any atom is 0.222 e. The fourth-order valence-corrected chi connectivity index (χ4v) is 4.70. The van der Waals surface area contributed by atoms with Crippen molar-refractivity contribution in [2.24, 2.45) is 0 Å². The van der Waals surface area contributed by atoms with Crippen LogP contribution in [0.5, 0.6) is 0 Å². The predicted octanol–water partition coefficient (Wildman–Crippen LogP) is 4.05. The minimum atomic E-state index is 0.0550. The van der Waals surface area contributed by atoms with Gasteiger partial charge >= 0.3 is 0 Å².